The van der Waals surface area contributed by atoms with Gasteiger partial charge in [-0.1, -0.05) is 6.92 Å². The highest BCUT2D eigenvalue weighted by atomic mass is 32.1. The Labute approximate surface area is 132 Å². The maximum absolute atomic E-state index is 12.1. The number of aryl methyl sites for hydroxylation is 1. The van der Waals surface area contributed by atoms with E-state index in [1.54, 1.807) is 0 Å². The zero-order valence-corrected chi connectivity index (χ0v) is 13.2. The van der Waals surface area contributed by atoms with Crippen LogP contribution in [0.3, 0.4) is 0 Å². The Morgan fingerprint density at radius 3 is 3.05 bits per heavy atom. The van der Waals surface area contributed by atoms with Gasteiger partial charge in [0.05, 0.1) is 0 Å². The Kier molecular flexibility index (Phi) is 4.15. The second kappa shape index (κ2) is 6.08. The third-order valence-corrected chi connectivity index (χ3v) is 5.23. The highest BCUT2D eigenvalue weighted by Crippen LogP contribution is 2.32. The number of ether oxygens (including phenoxy) is 1. The average molecular weight is 322 g/mol. The molecule has 0 bridgehead atoms. The van der Waals surface area contributed by atoms with Gasteiger partial charge in [-0.25, -0.2) is 9.59 Å². The van der Waals surface area contributed by atoms with Crippen LogP contribution in [-0.2, 0) is 22.4 Å². The molecule has 0 aromatic carbocycles. The minimum absolute atomic E-state index is 0.320. The Balaban J connectivity index is 1.58. The van der Waals surface area contributed by atoms with Gasteiger partial charge in [-0.05, 0) is 36.8 Å². The van der Waals surface area contributed by atoms with E-state index in [1.807, 2.05) is 6.07 Å². The number of rotatable bonds is 3. The molecule has 1 N–H and O–H groups in total. The summed E-state index contributed by atoms with van der Waals surface area (Å²) in [6, 6.07) is 1.45. The summed E-state index contributed by atoms with van der Waals surface area (Å²) >= 11 is 1.45. The molecule has 1 aliphatic heterocycles. The molecule has 2 aliphatic rings. The molecular formula is C15H18N2O4S. The maximum Gasteiger partial charge on any atom is 0.348 e. The first-order chi connectivity index (χ1) is 10.5. The number of carbonyl (C=O) groups excluding carboxylic acids is 3. The van der Waals surface area contributed by atoms with E-state index in [0.717, 1.165) is 24.2 Å². The number of amides is 3. The SMILES string of the molecule is CC1CCc2sc(C(=O)OCC(=O)N3CCNC3=O)cc2C1. The quantitative estimate of drug-likeness (QED) is 0.857. The molecule has 1 unspecified atom stereocenters. The van der Waals surface area contributed by atoms with Crippen molar-refractivity contribution in [3.05, 3.63) is 21.4 Å². The summed E-state index contributed by atoms with van der Waals surface area (Å²) in [5.74, 6) is -0.334. The van der Waals surface area contributed by atoms with Gasteiger partial charge in [-0.15, -0.1) is 11.3 Å². The Bertz CT molecular complexity index is 625. The van der Waals surface area contributed by atoms with Crippen molar-refractivity contribution in [3.63, 3.8) is 0 Å². The normalized spacial score (nSPS) is 20.5. The van der Waals surface area contributed by atoms with Crippen molar-refractivity contribution in [3.8, 4) is 0 Å². The summed E-state index contributed by atoms with van der Waals surface area (Å²) in [4.78, 5) is 38.1. The van der Waals surface area contributed by atoms with Crippen molar-refractivity contribution in [1.29, 1.82) is 0 Å². The molecule has 22 heavy (non-hydrogen) atoms. The molecule has 1 aliphatic carbocycles. The van der Waals surface area contributed by atoms with Crippen LogP contribution in [0.1, 0.15) is 33.5 Å². The van der Waals surface area contributed by atoms with Crippen LogP contribution in [0.2, 0.25) is 0 Å². The minimum Gasteiger partial charge on any atom is -0.451 e. The van der Waals surface area contributed by atoms with E-state index >= 15 is 0 Å². The van der Waals surface area contributed by atoms with Crippen molar-refractivity contribution >= 4 is 29.2 Å². The maximum atomic E-state index is 12.1. The summed E-state index contributed by atoms with van der Waals surface area (Å²) in [6.45, 7) is 2.57. The first-order valence-electron chi connectivity index (χ1n) is 7.41. The summed E-state index contributed by atoms with van der Waals surface area (Å²) in [5, 5.41) is 2.53. The third-order valence-electron chi connectivity index (χ3n) is 4.01. The second-order valence-corrected chi connectivity index (χ2v) is 6.90. The lowest BCUT2D eigenvalue weighted by Crippen LogP contribution is -2.37. The molecule has 0 spiro atoms. The Morgan fingerprint density at radius 2 is 2.32 bits per heavy atom. The van der Waals surface area contributed by atoms with E-state index < -0.39 is 24.5 Å². The number of urea groups is 1. The van der Waals surface area contributed by atoms with Gasteiger partial charge in [0, 0.05) is 18.0 Å². The van der Waals surface area contributed by atoms with E-state index in [1.165, 1.54) is 21.8 Å². The molecule has 3 amide bonds. The lowest BCUT2D eigenvalue weighted by atomic mass is 9.90. The van der Waals surface area contributed by atoms with Crippen molar-refractivity contribution in [2.24, 2.45) is 5.92 Å². The van der Waals surface area contributed by atoms with Gasteiger partial charge in [0.25, 0.3) is 5.91 Å². The van der Waals surface area contributed by atoms with Gasteiger partial charge < -0.3 is 10.1 Å². The topological polar surface area (TPSA) is 75.7 Å². The van der Waals surface area contributed by atoms with Crippen LogP contribution in [-0.4, -0.2) is 42.5 Å². The van der Waals surface area contributed by atoms with E-state index in [2.05, 4.69) is 12.2 Å². The highest BCUT2D eigenvalue weighted by molar-refractivity contribution is 7.14. The molecule has 1 fully saturated rings. The number of hydrogen-bond donors (Lipinski definition) is 1. The van der Waals surface area contributed by atoms with Crippen LogP contribution < -0.4 is 5.32 Å². The summed E-state index contributed by atoms with van der Waals surface area (Å²) < 4.78 is 5.06. The van der Waals surface area contributed by atoms with Crippen LogP contribution in [0.25, 0.3) is 0 Å². The van der Waals surface area contributed by atoms with Crippen molar-refractivity contribution in [2.75, 3.05) is 19.7 Å². The average Bonchev–Trinajstić information content (AvgIpc) is 3.09. The molecular weight excluding hydrogens is 304 g/mol. The summed E-state index contributed by atoms with van der Waals surface area (Å²) in [5.41, 5.74) is 1.22. The monoisotopic (exact) mass is 322 g/mol. The smallest absolute Gasteiger partial charge is 0.348 e. The molecule has 1 aromatic heterocycles. The Hall–Kier alpha value is -1.89. The summed E-state index contributed by atoms with van der Waals surface area (Å²) in [6.07, 6.45) is 3.14. The van der Waals surface area contributed by atoms with Crippen molar-refractivity contribution in [1.82, 2.24) is 10.2 Å². The fourth-order valence-electron chi connectivity index (χ4n) is 2.79. The molecule has 7 heteroatoms. The van der Waals surface area contributed by atoms with Gasteiger partial charge in [0.15, 0.2) is 6.61 Å². The number of imide groups is 1. The highest BCUT2D eigenvalue weighted by Gasteiger charge is 2.27. The molecule has 1 aromatic rings. The van der Waals surface area contributed by atoms with E-state index in [0.29, 0.717) is 23.9 Å². The predicted molar refractivity (Wildman–Crippen MR) is 80.9 cm³/mol. The number of nitrogens with zero attached hydrogens (tertiary/aromatic N) is 1. The fourth-order valence-corrected chi connectivity index (χ4v) is 3.89. The first kappa shape index (κ1) is 15.0. The number of carbonyl (C=O) groups is 3. The lowest BCUT2D eigenvalue weighted by molar-refractivity contribution is -0.130. The standard InChI is InChI=1S/C15H18N2O4S/c1-9-2-3-11-10(6-9)7-12(22-11)14(19)21-8-13(18)17-5-4-16-15(17)20/h7,9H,2-6,8H2,1H3,(H,16,20). The second-order valence-electron chi connectivity index (χ2n) is 5.76. The van der Waals surface area contributed by atoms with Gasteiger partial charge in [-0.3, -0.25) is 9.69 Å². The van der Waals surface area contributed by atoms with Gasteiger partial charge >= 0.3 is 12.0 Å². The van der Waals surface area contributed by atoms with Gasteiger partial charge in [0.1, 0.15) is 4.88 Å². The number of nitrogens with one attached hydrogen (secondary N) is 1. The molecule has 6 nitrogen and oxygen atoms in total. The number of hydrogen-bond acceptors (Lipinski definition) is 5. The van der Waals surface area contributed by atoms with Gasteiger partial charge in [-0.2, -0.15) is 0 Å². The van der Waals surface area contributed by atoms with Crippen LogP contribution in [0, 0.1) is 5.92 Å². The van der Waals surface area contributed by atoms with Gasteiger partial charge in [0.2, 0.25) is 0 Å². The molecule has 0 saturated carbocycles. The predicted octanol–water partition coefficient (Wildman–Crippen LogP) is 1.58. The Morgan fingerprint density at radius 1 is 1.50 bits per heavy atom. The van der Waals surface area contributed by atoms with E-state index in [-0.39, 0.29) is 0 Å². The van der Waals surface area contributed by atoms with Crippen molar-refractivity contribution in [2.45, 2.75) is 26.2 Å². The third kappa shape index (κ3) is 2.99. The molecule has 3 rings (SSSR count). The molecule has 1 saturated heterocycles. The number of thiophene rings is 1. The van der Waals surface area contributed by atoms with E-state index in [4.69, 9.17) is 4.74 Å². The molecule has 2 heterocycles. The fraction of sp³-hybridized carbons (Fsp3) is 0.533. The largest absolute Gasteiger partial charge is 0.451 e. The van der Waals surface area contributed by atoms with Crippen LogP contribution in [0.15, 0.2) is 6.07 Å². The zero-order valence-electron chi connectivity index (χ0n) is 12.4. The molecule has 118 valence electrons. The number of fused-ring (bicyclic) bond motifs is 1. The lowest BCUT2D eigenvalue weighted by Gasteiger charge is -2.16. The van der Waals surface area contributed by atoms with Crippen LogP contribution in [0.5, 0.6) is 0 Å². The zero-order chi connectivity index (χ0) is 15.7. The summed E-state index contributed by atoms with van der Waals surface area (Å²) in [7, 11) is 0. The van der Waals surface area contributed by atoms with Crippen LogP contribution in [0.4, 0.5) is 4.79 Å². The van der Waals surface area contributed by atoms with E-state index in [9.17, 15) is 14.4 Å². The number of esters is 1. The van der Waals surface area contributed by atoms with Crippen LogP contribution >= 0.6 is 11.3 Å². The minimum atomic E-state index is -0.488. The molecule has 1 atom stereocenters. The van der Waals surface area contributed by atoms with Crippen molar-refractivity contribution < 1.29 is 19.1 Å². The molecule has 0 radical (unpaired) electrons. The first-order valence-corrected chi connectivity index (χ1v) is 8.23.